The molecule has 0 bridgehead atoms. The summed E-state index contributed by atoms with van der Waals surface area (Å²) in [4.78, 5) is 0. The molecule has 0 rings (SSSR count). The van der Waals surface area contributed by atoms with Crippen LogP contribution in [0, 0.1) is 75.9 Å². The standard InChI is InChI=1S/Dy.Ho.2O/q2*+3;2*-2. The van der Waals surface area contributed by atoms with Crippen LogP contribution in [0.15, 0.2) is 0 Å². The molecule has 0 aromatic heterocycles. The van der Waals surface area contributed by atoms with Gasteiger partial charge in [0.1, 0.15) is 0 Å². The van der Waals surface area contributed by atoms with E-state index >= 15 is 0 Å². The summed E-state index contributed by atoms with van der Waals surface area (Å²) in [6.07, 6.45) is 0. The van der Waals surface area contributed by atoms with Gasteiger partial charge in [0.2, 0.25) is 0 Å². The molecule has 1 radical (unpaired) electrons. The van der Waals surface area contributed by atoms with Gasteiger partial charge in [-0.3, -0.25) is 0 Å². The van der Waals surface area contributed by atoms with E-state index in [0.717, 1.165) is 0 Å². The van der Waals surface area contributed by atoms with E-state index in [4.69, 9.17) is 0 Å². The smallest absolute Gasteiger partial charge is 2.00 e. The summed E-state index contributed by atoms with van der Waals surface area (Å²) in [5.41, 5.74) is 0. The molecule has 0 amide bonds. The van der Waals surface area contributed by atoms with E-state index in [0.29, 0.717) is 0 Å². The van der Waals surface area contributed by atoms with E-state index in [1.807, 2.05) is 0 Å². The van der Waals surface area contributed by atoms with Crippen LogP contribution in [0.2, 0.25) is 0 Å². The molecule has 0 spiro atoms. The van der Waals surface area contributed by atoms with Crippen molar-refractivity contribution in [2.45, 2.75) is 0 Å². The van der Waals surface area contributed by atoms with Gasteiger partial charge < -0.3 is 11.0 Å². The third-order valence-corrected chi connectivity index (χ3v) is 0. The average molecular weight is 359 g/mol. The molecule has 2 nitrogen and oxygen atoms in total. The van der Waals surface area contributed by atoms with Crippen molar-refractivity contribution in [3.05, 3.63) is 0 Å². The summed E-state index contributed by atoms with van der Waals surface area (Å²) in [7, 11) is 0. The van der Waals surface area contributed by atoms with E-state index in [2.05, 4.69) is 0 Å². The Kier molecular flexibility index (Phi) is 143. The minimum Gasteiger partial charge on any atom is -2.00 e. The average Bonchev–Trinajstić information content (AvgIpc) is 0. The van der Waals surface area contributed by atoms with Crippen molar-refractivity contribution in [1.29, 1.82) is 0 Å². The fraction of sp³-hybridized carbons (Fsp3) is 0. The van der Waals surface area contributed by atoms with Crippen LogP contribution in [-0.2, 0) is 11.0 Å². The Bertz CT molecular complexity index is 6.00. The van der Waals surface area contributed by atoms with Crippen LogP contribution < -0.4 is 0 Å². The van der Waals surface area contributed by atoms with Crippen molar-refractivity contribution in [1.82, 2.24) is 0 Å². The second-order valence-electron chi connectivity index (χ2n) is 0. The quantitative estimate of drug-likeness (QED) is 0.536. The van der Waals surface area contributed by atoms with Gasteiger partial charge in [-0.05, 0) is 0 Å². The second kappa shape index (κ2) is 18.0. The molecule has 0 aromatic rings. The van der Waals surface area contributed by atoms with Crippen LogP contribution in [0.4, 0.5) is 0 Å². The van der Waals surface area contributed by atoms with Crippen LogP contribution >= 0.6 is 0 Å². The van der Waals surface area contributed by atoms with Gasteiger partial charge in [-0.2, -0.15) is 0 Å². The van der Waals surface area contributed by atoms with Crippen LogP contribution in [-0.4, -0.2) is 0 Å². The number of hydrogen-bond acceptors (Lipinski definition) is 0. The molecule has 0 aliphatic rings. The zero-order valence-corrected chi connectivity index (χ0v) is 5.40. The van der Waals surface area contributed by atoms with Gasteiger partial charge in [-0.15, -0.1) is 0 Å². The minimum atomic E-state index is 0. The molecule has 0 N–H and O–H groups in total. The molecule has 0 unspecified atom stereocenters. The van der Waals surface area contributed by atoms with Crippen LogP contribution in [0.25, 0.3) is 0 Å². The largest absolute Gasteiger partial charge is 3.00 e. The van der Waals surface area contributed by atoms with E-state index in [-0.39, 0.29) is 86.9 Å². The predicted octanol–water partition coefficient (Wildman–Crippen LogP) is -0.238. The zero-order valence-electron chi connectivity index (χ0n) is 1.43. The fourth-order valence-electron chi connectivity index (χ4n) is 0. The van der Waals surface area contributed by atoms with Gasteiger partial charge in [-0.25, -0.2) is 0 Å². The Hall–Kier alpha value is 2.45. The minimum absolute atomic E-state index is 0. The van der Waals surface area contributed by atoms with Gasteiger partial charge in [0.15, 0.2) is 0 Å². The molecule has 0 atom stereocenters. The summed E-state index contributed by atoms with van der Waals surface area (Å²) >= 11 is 0. The first-order valence-corrected chi connectivity index (χ1v) is 0. The van der Waals surface area contributed by atoms with E-state index < -0.39 is 0 Å². The maximum absolute atomic E-state index is 0. The summed E-state index contributed by atoms with van der Waals surface area (Å²) in [5.74, 6) is 0. The maximum atomic E-state index is 0. The van der Waals surface area contributed by atoms with Crippen molar-refractivity contribution >= 4 is 0 Å². The van der Waals surface area contributed by atoms with Crippen molar-refractivity contribution in [2.75, 3.05) is 0 Å². The Balaban J connectivity index is 0. The molecule has 0 aliphatic heterocycles. The fourth-order valence-corrected chi connectivity index (χ4v) is 0. The topological polar surface area (TPSA) is 57.0 Å². The van der Waals surface area contributed by atoms with Gasteiger partial charge in [-0.1, -0.05) is 0 Å². The van der Waals surface area contributed by atoms with Gasteiger partial charge in [0.05, 0.1) is 0 Å². The molecule has 0 saturated carbocycles. The van der Waals surface area contributed by atoms with E-state index in [1.165, 1.54) is 0 Å². The Labute approximate surface area is 85.0 Å². The first kappa shape index (κ1) is 31.9. The molecule has 4 heavy (non-hydrogen) atoms. The molecule has 0 fully saturated rings. The Morgan fingerprint density at radius 1 is 0.750 bits per heavy atom. The molecule has 4 heteroatoms. The molecular weight excluding hydrogens is 359 g/mol. The van der Waals surface area contributed by atoms with Gasteiger partial charge in [0.25, 0.3) is 0 Å². The third kappa shape index (κ3) is 8.82. The first-order valence-electron chi connectivity index (χ1n) is 0. The van der Waals surface area contributed by atoms with E-state index in [1.54, 1.807) is 0 Å². The second-order valence-corrected chi connectivity index (χ2v) is 0. The SMILES string of the molecule is [Dy+3].[Ho+3].[O-2].[O-2]. The molecule has 0 heterocycles. The number of hydrogen-bond donors (Lipinski definition) is 0. The summed E-state index contributed by atoms with van der Waals surface area (Å²) in [5, 5.41) is 0. The monoisotopic (exact) mass is 361 g/mol. The summed E-state index contributed by atoms with van der Waals surface area (Å²) < 4.78 is 0. The zero-order chi connectivity index (χ0) is 0. The van der Waals surface area contributed by atoms with Crippen LogP contribution in [0.5, 0.6) is 0 Å². The molecule has 0 aliphatic carbocycles. The van der Waals surface area contributed by atoms with Crippen molar-refractivity contribution in [3.63, 3.8) is 0 Å². The summed E-state index contributed by atoms with van der Waals surface area (Å²) in [6, 6.07) is 0. The van der Waals surface area contributed by atoms with Gasteiger partial charge >= 0.3 is 75.9 Å². The predicted molar refractivity (Wildman–Crippen MR) is 1.37 cm³/mol. The molecule has 0 saturated heterocycles. The first-order chi connectivity index (χ1) is 0. The maximum Gasteiger partial charge on any atom is 3.00 e. The summed E-state index contributed by atoms with van der Waals surface area (Å²) in [6.45, 7) is 0. The Morgan fingerprint density at radius 3 is 0.750 bits per heavy atom. The Morgan fingerprint density at radius 2 is 0.750 bits per heavy atom. The van der Waals surface area contributed by atoms with Crippen molar-refractivity contribution in [3.8, 4) is 0 Å². The van der Waals surface area contributed by atoms with Crippen LogP contribution in [0.3, 0.4) is 0 Å². The normalized spacial score (nSPS) is 0. The molecular formula is DyHoO2+2. The van der Waals surface area contributed by atoms with Crippen LogP contribution in [0.1, 0.15) is 0 Å². The third-order valence-electron chi connectivity index (χ3n) is 0. The molecule has 31 valence electrons. The van der Waals surface area contributed by atoms with Crippen molar-refractivity contribution in [2.24, 2.45) is 0 Å². The van der Waals surface area contributed by atoms with Gasteiger partial charge in [0, 0.05) is 0 Å². The van der Waals surface area contributed by atoms with E-state index in [9.17, 15) is 0 Å². The number of rotatable bonds is 0. The molecule has 0 aromatic carbocycles. The van der Waals surface area contributed by atoms with Crippen molar-refractivity contribution < 1.29 is 86.9 Å².